The highest BCUT2D eigenvalue weighted by atomic mass is 16.1. The number of nitrogens with zero attached hydrogens (tertiary/aromatic N) is 3. The summed E-state index contributed by atoms with van der Waals surface area (Å²) in [6, 6.07) is 3.71. The SMILES string of the molecule is Cc1cc(NC(=O)CCc2c(C)[nH]c(=O)c(C#N)c2C)n(C)n1. The second kappa shape index (κ2) is 6.48. The number of H-pyrrole nitrogens is 1. The van der Waals surface area contributed by atoms with Crippen molar-refractivity contribution in [1.82, 2.24) is 14.8 Å². The molecule has 2 aromatic heterocycles. The van der Waals surface area contributed by atoms with Gasteiger partial charge in [-0.15, -0.1) is 0 Å². The van der Waals surface area contributed by atoms with E-state index in [1.165, 1.54) is 0 Å². The van der Waals surface area contributed by atoms with Crippen LogP contribution in [0.25, 0.3) is 0 Å². The molecule has 0 bridgehead atoms. The predicted octanol–water partition coefficient (Wildman–Crippen LogP) is 1.48. The van der Waals surface area contributed by atoms with Gasteiger partial charge in [-0.3, -0.25) is 14.3 Å². The minimum Gasteiger partial charge on any atom is -0.325 e. The van der Waals surface area contributed by atoms with Crippen LogP contribution in [0.4, 0.5) is 5.82 Å². The molecule has 0 aliphatic heterocycles. The van der Waals surface area contributed by atoms with Crippen LogP contribution in [-0.4, -0.2) is 20.7 Å². The van der Waals surface area contributed by atoms with Crippen molar-refractivity contribution in [2.24, 2.45) is 7.05 Å². The van der Waals surface area contributed by atoms with Crippen LogP contribution in [0.15, 0.2) is 10.9 Å². The Labute approximate surface area is 134 Å². The van der Waals surface area contributed by atoms with Gasteiger partial charge in [-0.05, 0) is 38.3 Å². The molecule has 2 rings (SSSR count). The predicted molar refractivity (Wildman–Crippen MR) is 86.1 cm³/mol. The molecular weight excluding hydrogens is 294 g/mol. The first-order valence-corrected chi connectivity index (χ1v) is 7.26. The van der Waals surface area contributed by atoms with E-state index < -0.39 is 0 Å². The van der Waals surface area contributed by atoms with Gasteiger partial charge in [0, 0.05) is 25.2 Å². The van der Waals surface area contributed by atoms with E-state index in [-0.39, 0.29) is 23.5 Å². The fourth-order valence-electron chi connectivity index (χ4n) is 2.59. The molecule has 0 saturated carbocycles. The standard InChI is InChI=1S/C16H19N5O2/c1-9-7-14(21(4)20-9)19-15(22)6-5-12-10(2)13(8-17)16(23)18-11(12)3/h7H,5-6H2,1-4H3,(H,18,23)(H,19,22). The van der Waals surface area contributed by atoms with Crippen LogP contribution < -0.4 is 10.9 Å². The Kier molecular flexibility index (Phi) is 4.65. The van der Waals surface area contributed by atoms with Crippen molar-refractivity contribution in [3.8, 4) is 6.07 Å². The first-order valence-electron chi connectivity index (χ1n) is 7.26. The molecule has 120 valence electrons. The van der Waals surface area contributed by atoms with Crippen LogP contribution in [0.2, 0.25) is 0 Å². The molecule has 0 atom stereocenters. The Hall–Kier alpha value is -2.88. The number of pyridine rings is 1. The zero-order valence-corrected chi connectivity index (χ0v) is 13.6. The number of hydrogen-bond acceptors (Lipinski definition) is 4. The van der Waals surface area contributed by atoms with Crippen LogP contribution in [0.3, 0.4) is 0 Å². The Morgan fingerprint density at radius 3 is 2.70 bits per heavy atom. The fourth-order valence-corrected chi connectivity index (χ4v) is 2.59. The van der Waals surface area contributed by atoms with Crippen molar-refractivity contribution in [2.75, 3.05) is 5.32 Å². The molecule has 0 aliphatic rings. The number of rotatable bonds is 4. The number of hydrogen-bond donors (Lipinski definition) is 2. The first kappa shape index (κ1) is 16.5. The van der Waals surface area contributed by atoms with Crippen molar-refractivity contribution >= 4 is 11.7 Å². The van der Waals surface area contributed by atoms with Gasteiger partial charge in [0.25, 0.3) is 5.56 Å². The molecule has 0 fully saturated rings. The van der Waals surface area contributed by atoms with Crippen LogP contribution in [0.5, 0.6) is 0 Å². The van der Waals surface area contributed by atoms with E-state index in [1.807, 2.05) is 13.0 Å². The largest absolute Gasteiger partial charge is 0.325 e. The maximum Gasteiger partial charge on any atom is 0.266 e. The molecule has 2 N–H and O–H groups in total. The van der Waals surface area contributed by atoms with E-state index in [1.54, 1.807) is 31.6 Å². The molecule has 0 unspecified atom stereocenters. The summed E-state index contributed by atoms with van der Waals surface area (Å²) in [4.78, 5) is 26.5. The van der Waals surface area contributed by atoms with E-state index in [0.717, 1.165) is 11.3 Å². The van der Waals surface area contributed by atoms with Gasteiger partial charge in [0.15, 0.2) is 0 Å². The highest BCUT2D eigenvalue weighted by Gasteiger charge is 2.14. The monoisotopic (exact) mass is 313 g/mol. The third-order valence-corrected chi connectivity index (χ3v) is 3.79. The average Bonchev–Trinajstić information content (AvgIpc) is 2.76. The van der Waals surface area contributed by atoms with Crippen LogP contribution in [0.1, 0.15) is 34.5 Å². The van der Waals surface area contributed by atoms with Crippen molar-refractivity contribution in [2.45, 2.75) is 33.6 Å². The van der Waals surface area contributed by atoms with E-state index in [4.69, 9.17) is 5.26 Å². The second-order valence-corrected chi connectivity index (χ2v) is 5.51. The number of amides is 1. The second-order valence-electron chi connectivity index (χ2n) is 5.51. The minimum atomic E-state index is -0.388. The van der Waals surface area contributed by atoms with Gasteiger partial charge in [0.05, 0.1) is 5.69 Å². The zero-order chi connectivity index (χ0) is 17.1. The molecule has 0 spiro atoms. The summed E-state index contributed by atoms with van der Waals surface area (Å²) in [5.74, 6) is 0.497. The Morgan fingerprint density at radius 2 is 2.13 bits per heavy atom. The summed E-state index contributed by atoms with van der Waals surface area (Å²) in [6.45, 7) is 5.36. The fraction of sp³-hybridized carbons (Fsp3) is 0.375. The lowest BCUT2D eigenvalue weighted by molar-refractivity contribution is -0.116. The normalized spacial score (nSPS) is 10.4. The Bertz CT molecular complexity index is 855. The highest BCUT2D eigenvalue weighted by Crippen LogP contribution is 2.16. The molecular formula is C16H19N5O2. The van der Waals surface area contributed by atoms with Gasteiger partial charge in [-0.1, -0.05) is 0 Å². The lowest BCUT2D eigenvalue weighted by Gasteiger charge is -2.11. The number of carbonyl (C=O) groups excluding carboxylic acids is 1. The van der Waals surface area contributed by atoms with Crippen LogP contribution >= 0.6 is 0 Å². The first-order chi connectivity index (χ1) is 10.8. The quantitative estimate of drug-likeness (QED) is 0.892. The molecule has 23 heavy (non-hydrogen) atoms. The smallest absolute Gasteiger partial charge is 0.266 e. The molecule has 7 heteroatoms. The van der Waals surface area contributed by atoms with Crippen molar-refractivity contribution in [3.05, 3.63) is 44.5 Å². The molecule has 2 heterocycles. The third-order valence-electron chi connectivity index (χ3n) is 3.79. The minimum absolute atomic E-state index is 0.105. The summed E-state index contributed by atoms with van der Waals surface area (Å²) < 4.78 is 1.61. The van der Waals surface area contributed by atoms with Gasteiger partial charge in [0.2, 0.25) is 5.91 Å². The van der Waals surface area contributed by atoms with Gasteiger partial charge in [-0.2, -0.15) is 10.4 Å². The van der Waals surface area contributed by atoms with Gasteiger partial charge in [-0.25, -0.2) is 0 Å². The number of anilines is 1. The Morgan fingerprint density at radius 1 is 1.43 bits per heavy atom. The van der Waals surface area contributed by atoms with Crippen molar-refractivity contribution in [3.63, 3.8) is 0 Å². The summed E-state index contributed by atoms with van der Waals surface area (Å²) in [5.41, 5.74) is 2.70. The maximum absolute atomic E-state index is 12.1. The van der Waals surface area contributed by atoms with Crippen LogP contribution in [-0.2, 0) is 18.3 Å². The van der Waals surface area contributed by atoms with Gasteiger partial charge < -0.3 is 10.3 Å². The highest BCUT2D eigenvalue weighted by molar-refractivity contribution is 5.90. The maximum atomic E-state index is 12.1. The van der Waals surface area contributed by atoms with Crippen molar-refractivity contribution in [1.29, 1.82) is 5.26 Å². The summed E-state index contributed by atoms with van der Waals surface area (Å²) in [7, 11) is 1.76. The molecule has 0 saturated heterocycles. The summed E-state index contributed by atoms with van der Waals surface area (Å²) >= 11 is 0. The molecule has 2 aromatic rings. The number of aryl methyl sites for hydroxylation is 3. The van der Waals surface area contributed by atoms with E-state index in [9.17, 15) is 9.59 Å². The number of aromatic nitrogens is 3. The van der Waals surface area contributed by atoms with E-state index >= 15 is 0 Å². The van der Waals surface area contributed by atoms with E-state index in [2.05, 4.69) is 15.4 Å². The number of aromatic amines is 1. The van der Waals surface area contributed by atoms with Crippen LogP contribution in [0, 0.1) is 32.1 Å². The number of nitrogens with one attached hydrogen (secondary N) is 2. The third kappa shape index (κ3) is 3.48. The lowest BCUT2D eigenvalue weighted by atomic mass is 9.99. The lowest BCUT2D eigenvalue weighted by Crippen LogP contribution is -2.19. The topological polar surface area (TPSA) is 104 Å². The molecule has 7 nitrogen and oxygen atoms in total. The Balaban J connectivity index is 2.12. The molecule has 0 radical (unpaired) electrons. The van der Waals surface area contributed by atoms with Crippen molar-refractivity contribution < 1.29 is 4.79 Å². The summed E-state index contributed by atoms with van der Waals surface area (Å²) in [6.07, 6.45) is 0.703. The van der Waals surface area contributed by atoms with Gasteiger partial charge >= 0.3 is 0 Å². The molecule has 0 aliphatic carbocycles. The number of nitriles is 1. The average molecular weight is 313 g/mol. The van der Waals surface area contributed by atoms with Gasteiger partial charge in [0.1, 0.15) is 17.5 Å². The molecule has 0 aromatic carbocycles. The summed E-state index contributed by atoms with van der Waals surface area (Å²) in [5, 5.41) is 16.0. The molecule has 1 amide bonds. The number of carbonyl (C=O) groups is 1. The zero-order valence-electron chi connectivity index (χ0n) is 13.6. The van der Waals surface area contributed by atoms with E-state index in [0.29, 0.717) is 23.5 Å².